The molecule has 1 aromatic rings. The number of imidazole rings is 1. The monoisotopic (exact) mass is 224 g/mol. The number of nitrogens with zero attached hydrogens (tertiary/aromatic N) is 2. The number of carbonyl (C=O) groups is 1. The summed E-state index contributed by atoms with van der Waals surface area (Å²) in [5.74, 6) is 0.255. The summed E-state index contributed by atoms with van der Waals surface area (Å²) in [6, 6.07) is 0.00852. The number of aryl methyl sites for hydroxylation is 1. The van der Waals surface area contributed by atoms with Crippen LogP contribution in [0, 0.1) is 0 Å². The molecule has 6 nitrogen and oxygen atoms in total. The van der Waals surface area contributed by atoms with E-state index < -0.39 is 0 Å². The zero-order valence-electron chi connectivity index (χ0n) is 9.43. The van der Waals surface area contributed by atoms with Gasteiger partial charge in [-0.05, 0) is 0 Å². The van der Waals surface area contributed by atoms with Crippen LogP contribution in [0.4, 0.5) is 0 Å². The Labute approximate surface area is 94.0 Å². The Hall–Kier alpha value is -1.40. The molecule has 6 heteroatoms. The van der Waals surface area contributed by atoms with Gasteiger partial charge in [0.05, 0.1) is 12.1 Å². The van der Waals surface area contributed by atoms with Gasteiger partial charge in [0.1, 0.15) is 0 Å². The van der Waals surface area contributed by atoms with Gasteiger partial charge in [-0.25, -0.2) is 4.98 Å². The minimum atomic E-state index is -0.164. The fourth-order valence-corrected chi connectivity index (χ4v) is 1.86. The molecule has 1 amide bonds. The van der Waals surface area contributed by atoms with Crippen LogP contribution in [-0.4, -0.2) is 47.8 Å². The third-order valence-electron chi connectivity index (χ3n) is 2.80. The lowest BCUT2D eigenvalue weighted by Gasteiger charge is -2.18. The van der Waals surface area contributed by atoms with Crippen LogP contribution < -0.4 is 10.6 Å². The molecule has 0 saturated carbocycles. The summed E-state index contributed by atoms with van der Waals surface area (Å²) in [6.07, 6.45) is 3.38. The summed E-state index contributed by atoms with van der Waals surface area (Å²) >= 11 is 0. The second kappa shape index (κ2) is 4.63. The fourth-order valence-electron chi connectivity index (χ4n) is 1.86. The first-order chi connectivity index (χ1) is 7.72. The van der Waals surface area contributed by atoms with Gasteiger partial charge in [0.2, 0.25) is 0 Å². The number of hydrogen-bond donors (Lipinski definition) is 2. The molecule has 0 aromatic carbocycles. The number of carbonyl (C=O) groups excluding carboxylic acids is 1. The molecule has 2 rings (SSSR count). The summed E-state index contributed by atoms with van der Waals surface area (Å²) in [5.41, 5.74) is 0. The van der Waals surface area contributed by atoms with Crippen molar-refractivity contribution >= 4 is 5.91 Å². The molecule has 0 aliphatic carbocycles. The lowest BCUT2D eigenvalue weighted by atomic mass is 10.2. The van der Waals surface area contributed by atoms with Gasteiger partial charge in [0.25, 0.3) is 5.91 Å². The number of ether oxygens (including phenoxy) is 1. The molecule has 0 radical (unpaired) electrons. The Balaban J connectivity index is 2.00. The van der Waals surface area contributed by atoms with E-state index in [0.717, 1.165) is 13.1 Å². The van der Waals surface area contributed by atoms with E-state index in [-0.39, 0.29) is 18.1 Å². The van der Waals surface area contributed by atoms with E-state index in [1.807, 2.05) is 0 Å². The molecular weight excluding hydrogens is 208 g/mol. The first kappa shape index (κ1) is 11.1. The number of hydrogen-bond acceptors (Lipinski definition) is 4. The van der Waals surface area contributed by atoms with Crippen LogP contribution in [0.25, 0.3) is 0 Å². The van der Waals surface area contributed by atoms with Crippen LogP contribution in [0.2, 0.25) is 0 Å². The van der Waals surface area contributed by atoms with Crippen LogP contribution in [0.3, 0.4) is 0 Å². The SMILES string of the molecule is CO[C@H]1CNCC1NC(=O)c1nccn1C. The molecule has 1 aliphatic heterocycles. The molecule has 1 aliphatic rings. The largest absolute Gasteiger partial charge is 0.378 e. The second-order valence-electron chi connectivity index (χ2n) is 3.87. The molecule has 1 saturated heterocycles. The van der Waals surface area contributed by atoms with E-state index in [1.165, 1.54) is 0 Å². The molecule has 1 fully saturated rings. The van der Waals surface area contributed by atoms with Gasteiger partial charge < -0.3 is 19.9 Å². The summed E-state index contributed by atoms with van der Waals surface area (Å²) < 4.78 is 6.96. The molecular formula is C10H16N4O2. The van der Waals surface area contributed by atoms with Gasteiger partial charge in [0, 0.05) is 39.6 Å². The van der Waals surface area contributed by atoms with E-state index in [4.69, 9.17) is 4.74 Å². The lowest BCUT2D eigenvalue weighted by Crippen LogP contribution is -2.44. The molecule has 1 unspecified atom stereocenters. The van der Waals surface area contributed by atoms with Crippen LogP contribution in [0.1, 0.15) is 10.6 Å². The first-order valence-electron chi connectivity index (χ1n) is 5.24. The average Bonchev–Trinajstić information content (AvgIpc) is 2.86. The molecule has 2 atom stereocenters. The lowest BCUT2D eigenvalue weighted by molar-refractivity contribution is 0.0770. The highest BCUT2D eigenvalue weighted by atomic mass is 16.5. The van der Waals surface area contributed by atoms with Crippen LogP contribution >= 0.6 is 0 Å². The van der Waals surface area contributed by atoms with Gasteiger partial charge >= 0.3 is 0 Å². The minimum absolute atomic E-state index is 0.00852. The Morgan fingerprint density at radius 1 is 1.69 bits per heavy atom. The van der Waals surface area contributed by atoms with E-state index in [0.29, 0.717) is 5.82 Å². The smallest absolute Gasteiger partial charge is 0.287 e. The summed E-state index contributed by atoms with van der Waals surface area (Å²) in [6.45, 7) is 1.50. The van der Waals surface area contributed by atoms with Gasteiger partial charge in [-0.15, -0.1) is 0 Å². The maximum Gasteiger partial charge on any atom is 0.287 e. The molecule has 2 heterocycles. The minimum Gasteiger partial charge on any atom is -0.378 e. The van der Waals surface area contributed by atoms with Crippen molar-refractivity contribution in [2.24, 2.45) is 7.05 Å². The van der Waals surface area contributed by atoms with Crippen LogP contribution in [0.15, 0.2) is 12.4 Å². The number of rotatable bonds is 3. The van der Waals surface area contributed by atoms with Crippen molar-refractivity contribution in [3.63, 3.8) is 0 Å². The van der Waals surface area contributed by atoms with Gasteiger partial charge in [0.15, 0.2) is 5.82 Å². The van der Waals surface area contributed by atoms with Crippen molar-refractivity contribution in [3.05, 3.63) is 18.2 Å². The molecule has 0 bridgehead atoms. The summed E-state index contributed by atoms with van der Waals surface area (Å²) in [4.78, 5) is 15.9. The maximum absolute atomic E-state index is 11.9. The Morgan fingerprint density at radius 2 is 2.50 bits per heavy atom. The summed E-state index contributed by atoms with van der Waals surface area (Å²) in [5, 5.41) is 6.09. The Bertz CT molecular complexity index is 377. The maximum atomic E-state index is 11.9. The first-order valence-corrected chi connectivity index (χ1v) is 5.24. The van der Waals surface area contributed by atoms with Crippen LogP contribution in [-0.2, 0) is 11.8 Å². The van der Waals surface area contributed by atoms with Crippen molar-refractivity contribution in [1.29, 1.82) is 0 Å². The third kappa shape index (κ3) is 2.07. The van der Waals surface area contributed by atoms with Crippen molar-refractivity contribution in [2.75, 3.05) is 20.2 Å². The normalized spacial score (nSPS) is 24.6. The average molecular weight is 224 g/mol. The molecule has 0 spiro atoms. The van der Waals surface area contributed by atoms with E-state index in [1.54, 1.807) is 31.1 Å². The second-order valence-corrected chi connectivity index (χ2v) is 3.87. The van der Waals surface area contributed by atoms with E-state index >= 15 is 0 Å². The van der Waals surface area contributed by atoms with Gasteiger partial charge in [-0.3, -0.25) is 4.79 Å². The Morgan fingerprint density at radius 3 is 3.12 bits per heavy atom. The number of aromatic nitrogens is 2. The highest BCUT2D eigenvalue weighted by Gasteiger charge is 2.29. The number of methoxy groups -OCH3 is 1. The molecule has 2 N–H and O–H groups in total. The third-order valence-corrected chi connectivity index (χ3v) is 2.80. The van der Waals surface area contributed by atoms with Crippen molar-refractivity contribution < 1.29 is 9.53 Å². The highest BCUT2D eigenvalue weighted by Crippen LogP contribution is 2.05. The molecule has 88 valence electrons. The number of amides is 1. The van der Waals surface area contributed by atoms with E-state index in [9.17, 15) is 4.79 Å². The van der Waals surface area contributed by atoms with Crippen molar-refractivity contribution in [3.8, 4) is 0 Å². The van der Waals surface area contributed by atoms with Crippen molar-refractivity contribution in [1.82, 2.24) is 20.2 Å². The quantitative estimate of drug-likeness (QED) is 0.701. The van der Waals surface area contributed by atoms with E-state index in [2.05, 4.69) is 15.6 Å². The topological polar surface area (TPSA) is 68.2 Å². The predicted molar refractivity (Wildman–Crippen MR) is 58.1 cm³/mol. The van der Waals surface area contributed by atoms with Gasteiger partial charge in [-0.1, -0.05) is 0 Å². The highest BCUT2D eigenvalue weighted by molar-refractivity contribution is 5.91. The Kier molecular flexibility index (Phi) is 3.21. The number of nitrogens with one attached hydrogen (secondary N) is 2. The molecule has 1 aromatic heterocycles. The zero-order chi connectivity index (χ0) is 11.5. The summed E-state index contributed by atoms with van der Waals surface area (Å²) in [7, 11) is 3.44. The fraction of sp³-hybridized carbons (Fsp3) is 0.600. The van der Waals surface area contributed by atoms with Crippen molar-refractivity contribution in [2.45, 2.75) is 12.1 Å². The standard InChI is InChI=1S/C10H16N4O2/c1-14-4-3-12-9(14)10(15)13-7-5-11-6-8(7)16-2/h3-4,7-8,11H,5-6H2,1-2H3,(H,13,15)/t7?,8-/m0/s1. The zero-order valence-corrected chi connectivity index (χ0v) is 9.43. The molecule has 16 heavy (non-hydrogen) atoms. The van der Waals surface area contributed by atoms with Gasteiger partial charge in [-0.2, -0.15) is 0 Å². The van der Waals surface area contributed by atoms with Crippen LogP contribution in [0.5, 0.6) is 0 Å². The predicted octanol–water partition coefficient (Wildman–Crippen LogP) is -0.863.